The van der Waals surface area contributed by atoms with E-state index in [4.69, 9.17) is 17.3 Å². The van der Waals surface area contributed by atoms with E-state index < -0.39 is 0 Å². The number of hydrogen-bond donors (Lipinski definition) is 1. The Hall–Kier alpha value is -0.730. The van der Waals surface area contributed by atoms with Crippen molar-refractivity contribution in [1.82, 2.24) is 0 Å². The molecule has 78 valence electrons. The average Bonchev–Trinajstić information content (AvgIpc) is 2.15. The molecule has 1 rings (SSSR count). The first-order valence-electron chi connectivity index (χ1n) is 4.90. The minimum absolute atomic E-state index is 0.159. The quantitative estimate of drug-likeness (QED) is 0.831. The maximum Gasteiger partial charge on any atom is 0.0639 e. The minimum Gasteiger partial charge on any atom is -0.369 e. The summed E-state index contributed by atoms with van der Waals surface area (Å²) in [6.45, 7) is 5.86. The monoisotopic (exact) mass is 212 g/mol. The molecule has 1 atom stereocenters. The lowest BCUT2D eigenvalue weighted by Crippen LogP contribution is -2.35. The molecule has 1 aromatic carbocycles. The number of likely N-dealkylation sites (N-methyl/N-ethyl adjacent to an activating group) is 1. The molecule has 0 bridgehead atoms. The van der Waals surface area contributed by atoms with E-state index >= 15 is 0 Å². The van der Waals surface area contributed by atoms with Gasteiger partial charge in [0.2, 0.25) is 0 Å². The van der Waals surface area contributed by atoms with Gasteiger partial charge in [0.1, 0.15) is 0 Å². The molecular formula is C11H17ClN2. The number of para-hydroxylation sites is 1. The highest BCUT2D eigenvalue weighted by Gasteiger charge is 2.08. The van der Waals surface area contributed by atoms with E-state index in [0.29, 0.717) is 0 Å². The number of halogens is 1. The Bertz CT molecular complexity index is 286. The average molecular weight is 213 g/mol. The Kier molecular flexibility index (Phi) is 4.23. The summed E-state index contributed by atoms with van der Waals surface area (Å²) in [4.78, 5) is 2.19. The molecule has 1 unspecified atom stereocenters. The van der Waals surface area contributed by atoms with Gasteiger partial charge >= 0.3 is 0 Å². The van der Waals surface area contributed by atoms with Crippen LogP contribution in [0.1, 0.15) is 13.8 Å². The van der Waals surface area contributed by atoms with Gasteiger partial charge in [0.25, 0.3) is 0 Å². The SMILES string of the molecule is CCN(CC(C)N)c1ccccc1Cl. The first-order chi connectivity index (χ1) is 6.65. The van der Waals surface area contributed by atoms with Crippen molar-refractivity contribution < 1.29 is 0 Å². The molecule has 0 spiro atoms. The van der Waals surface area contributed by atoms with Crippen LogP contribution < -0.4 is 10.6 Å². The largest absolute Gasteiger partial charge is 0.369 e. The predicted octanol–water partition coefficient (Wildman–Crippen LogP) is 2.51. The molecule has 1 aromatic rings. The fraction of sp³-hybridized carbons (Fsp3) is 0.455. The number of anilines is 1. The molecule has 0 aliphatic carbocycles. The highest BCUT2D eigenvalue weighted by atomic mass is 35.5. The summed E-state index contributed by atoms with van der Waals surface area (Å²) in [7, 11) is 0. The molecule has 0 heterocycles. The summed E-state index contributed by atoms with van der Waals surface area (Å²) in [5.41, 5.74) is 6.84. The van der Waals surface area contributed by atoms with Gasteiger partial charge in [-0.15, -0.1) is 0 Å². The third-order valence-corrected chi connectivity index (χ3v) is 2.40. The minimum atomic E-state index is 0.159. The summed E-state index contributed by atoms with van der Waals surface area (Å²) in [5, 5.41) is 0.787. The predicted molar refractivity (Wildman–Crippen MR) is 63.0 cm³/mol. The summed E-state index contributed by atoms with van der Waals surface area (Å²) < 4.78 is 0. The van der Waals surface area contributed by atoms with Gasteiger partial charge in [0, 0.05) is 19.1 Å². The molecule has 0 saturated heterocycles. The molecule has 0 aliphatic rings. The second kappa shape index (κ2) is 5.23. The Morgan fingerprint density at radius 1 is 1.43 bits per heavy atom. The highest BCUT2D eigenvalue weighted by Crippen LogP contribution is 2.24. The fourth-order valence-electron chi connectivity index (χ4n) is 1.45. The lowest BCUT2D eigenvalue weighted by molar-refractivity contribution is 0.689. The zero-order chi connectivity index (χ0) is 10.6. The Balaban J connectivity index is 2.83. The number of hydrogen-bond acceptors (Lipinski definition) is 2. The third-order valence-electron chi connectivity index (χ3n) is 2.08. The topological polar surface area (TPSA) is 29.3 Å². The van der Waals surface area contributed by atoms with Crippen LogP contribution in [0.3, 0.4) is 0 Å². The van der Waals surface area contributed by atoms with Crippen molar-refractivity contribution in [2.45, 2.75) is 19.9 Å². The molecule has 0 aromatic heterocycles. The van der Waals surface area contributed by atoms with Crippen molar-refractivity contribution in [2.75, 3.05) is 18.0 Å². The molecule has 14 heavy (non-hydrogen) atoms. The van der Waals surface area contributed by atoms with E-state index in [9.17, 15) is 0 Å². The molecule has 0 saturated carbocycles. The van der Waals surface area contributed by atoms with Crippen LogP contribution in [0.25, 0.3) is 0 Å². The van der Waals surface area contributed by atoms with Crippen molar-refractivity contribution in [3.8, 4) is 0 Å². The third kappa shape index (κ3) is 2.89. The van der Waals surface area contributed by atoms with Crippen molar-refractivity contribution in [1.29, 1.82) is 0 Å². The lowest BCUT2D eigenvalue weighted by Gasteiger charge is -2.25. The Morgan fingerprint density at radius 3 is 2.57 bits per heavy atom. The molecule has 2 N–H and O–H groups in total. The van der Waals surface area contributed by atoms with E-state index in [-0.39, 0.29) is 6.04 Å². The van der Waals surface area contributed by atoms with Gasteiger partial charge in [-0.25, -0.2) is 0 Å². The van der Waals surface area contributed by atoms with E-state index in [1.165, 1.54) is 0 Å². The summed E-state index contributed by atoms with van der Waals surface area (Å²) in [6.07, 6.45) is 0. The van der Waals surface area contributed by atoms with Crippen molar-refractivity contribution in [2.24, 2.45) is 5.73 Å². The second-order valence-electron chi connectivity index (χ2n) is 3.47. The Morgan fingerprint density at radius 2 is 2.07 bits per heavy atom. The Labute approximate surface area is 90.7 Å². The van der Waals surface area contributed by atoms with Gasteiger partial charge in [-0.3, -0.25) is 0 Å². The number of benzene rings is 1. The molecule has 0 amide bonds. The highest BCUT2D eigenvalue weighted by molar-refractivity contribution is 6.33. The van der Waals surface area contributed by atoms with Gasteiger partial charge in [-0.1, -0.05) is 23.7 Å². The second-order valence-corrected chi connectivity index (χ2v) is 3.87. The van der Waals surface area contributed by atoms with Gasteiger partial charge in [-0.2, -0.15) is 0 Å². The number of nitrogens with zero attached hydrogens (tertiary/aromatic N) is 1. The van der Waals surface area contributed by atoms with Gasteiger partial charge in [-0.05, 0) is 26.0 Å². The van der Waals surface area contributed by atoms with Crippen LogP contribution in [0.15, 0.2) is 24.3 Å². The van der Waals surface area contributed by atoms with E-state index in [1.807, 2.05) is 31.2 Å². The first-order valence-corrected chi connectivity index (χ1v) is 5.28. The van der Waals surface area contributed by atoms with E-state index in [1.54, 1.807) is 0 Å². The lowest BCUT2D eigenvalue weighted by atomic mass is 10.2. The molecular weight excluding hydrogens is 196 g/mol. The normalized spacial score (nSPS) is 12.6. The fourth-order valence-corrected chi connectivity index (χ4v) is 1.71. The smallest absolute Gasteiger partial charge is 0.0639 e. The van der Waals surface area contributed by atoms with Crippen LogP contribution >= 0.6 is 11.6 Å². The van der Waals surface area contributed by atoms with Crippen LogP contribution in [-0.2, 0) is 0 Å². The zero-order valence-corrected chi connectivity index (χ0v) is 9.46. The van der Waals surface area contributed by atoms with Gasteiger partial charge < -0.3 is 10.6 Å². The maximum atomic E-state index is 6.10. The van der Waals surface area contributed by atoms with Crippen molar-refractivity contribution in [3.63, 3.8) is 0 Å². The molecule has 0 fully saturated rings. The first kappa shape index (κ1) is 11.3. The summed E-state index contributed by atoms with van der Waals surface area (Å²) >= 11 is 6.10. The summed E-state index contributed by atoms with van der Waals surface area (Å²) in [5.74, 6) is 0. The van der Waals surface area contributed by atoms with Crippen molar-refractivity contribution >= 4 is 17.3 Å². The van der Waals surface area contributed by atoms with Crippen LogP contribution in [0, 0.1) is 0 Å². The van der Waals surface area contributed by atoms with Crippen LogP contribution in [-0.4, -0.2) is 19.1 Å². The molecule has 0 radical (unpaired) electrons. The molecule has 2 nitrogen and oxygen atoms in total. The van der Waals surface area contributed by atoms with Gasteiger partial charge in [0.05, 0.1) is 10.7 Å². The van der Waals surface area contributed by atoms with Gasteiger partial charge in [0.15, 0.2) is 0 Å². The number of rotatable bonds is 4. The zero-order valence-electron chi connectivity index (χ0n) is 8.70. The van der Waals surface area contributed by atoms with Crippen molar-refractivity contribution in [3.05, 3.63) is 29.3 Å². The van der Waals surface area contributed by atoms with Crippen LogP contribution in [0.5, 0.6) is 0 Å². The number of nitrogens with two attached hydrogens (primary N) is 1. The van der Waals surface area contributed by atoms with E-state index in [0.717, 1.165) is 23.8 Å². The van der Waals surface area contributed by atoms with E-state index in [2.05, 4.69) is 11.8 Å². The molecule has 3 heteroatoms. The van der Waals surface area contributed by atoms with Crippen LogP contribution in [0.2, 0.25) is 5.02 Å². The summed E-state index contributed by atoms with van der Waals surface area (Å²) in [6, 6.07) is 8.01. The molecule has 0 aliphatic heterocycles. The standard InChI is InChI=1S/C11H17ClN2/c1-3-14(8-9(2)13)11-7-5-4-6-10(11)12/h4-7,9H,3,8,13H2,1-2H3. The maximum absolute atomic E-state index is 6.10. The van der Waals surface area contributed by atoms with Crippen LogP contribution in [0.4, 0.5) is 5.69 Å².